The zero-order valence-corrected chi connectivity index (χ0v) is 21.5. The van der Waals surface area contributed by atoms with Crippen molar-refractivity contribution in [3.63, 3.8) is 0 Å². The van der Waals surface area contributed by atoms with Crippen LogP contribution >= 0.6 is 12.2 Å². The fourth-order valence-corrected chi connectivity index (χ4v) is 5.20. The number of fused-ring (bicyclic) bond motifs is 1. The van der Waals surface area contributed by atoms with Gasteiger partial charge in [-0.15, -0.1) is 0 Å². The summed E-state index contributed by atoms with van der Waals surface area (Å²) >= 11 is 5.58. The Kier molecular flexibility index (Phi) is 6.85. The van der Waals surface area contributed by atoms with Crippen LogP contribution in [0.2, 0.25) is 0 Å². The number of H-pyrrole nitrogens is 1. The van der Waals surface area contributed by atoms with Crippen LogP contribution in [0.4, 0.5) is 0 Å². The monoisotopic (exact) mass is 498 g/mol. The third-order valence-corrected chi connectivity index (χ3v) is 7.37. The molecule has 1 saturated heterocycles. The van der Waals surface area contributed by atoms with Crippen molar-refractivity contribution in [3.05, 3.63) is 104 Å². The molecule has 36 heavy (non-hydrogen) atoms. The number of benzene rings is 3. The minimum atomic E-state index is -0.187. The Labute approximate surface area is 215 Å². The van der Waals surface area contributed by atoms with Crippen molar-refractivity contribution >= 4 is 29.0 Å². The molecular weight excluding hydrogens is 468 g/mol. The number of rotatable bonds is 4. The molecule has 1 N–H and O–H groups in total. The van der Waals surface area contributed by atoms with Crippen LogP contribution in [0, 0.1) is 18.6 Å². The molecule has 5 rings (SSSR count). The highest BCUT2D eigenvalue weighted by atomic mass is 32.1. The zero-order valence-electron chi connectivity index (χ0n) is 20.7. The van der Waals surface area contributed by atoms with E-state index in [4.69, 9.17) is 12.2 Å². The summed E-state index contributed by atoms with van der Waals surface area (Å²) in [5.41, 5.74) is 5.11. The number of aromatic nitrogens is 2. The first kappa shape index (κ1) is 24.2. The third kappa shape index (κ3) is 4.76. The lowest BCUT2D eigenvalue weighted by Gasteiger charge is -2.22. The van der Waals surface area contributed by atoms with Gasteiger partial charge in [-0.1, -0.05) is 42.5 Å². The van der Waals surface area contributed by atoms with Gasteiger partial charge in [-0.3, -0.25) is 19.1 Å². The van der Waals surface area contributed by atoms with E-state index in [1.54, 1.807) is 18.2 Å². The first-order valence-corrected chi connectivity index (χ1v) is 12.7. The Morgan fingerprint density at radius 1 is 0.944 bits per heavy atom. The van der Waals surface area contributed by atoms with Crippen LogP contribution in [-0.2, 0) is 6.54 Å². The summed E-state index contributed by atoms with van der Waals surface area (Å²) in [5, 5.41) is 0.506. The van der Waals surface area contributed by atoms with Crippen molar-refractivity contribution in [2.24, 2.45) is 0 Å². The van der Waals surface area contributed by atoms with E-state index >= 15 is 0 Å². The third-order valence-electron chi connectivity index (χ3n) is 7.09. The van der Waals surface area contributed by atoms with Crippen molar-refractivity contribution < 1.29 is 4.79 Å². The minimum absolute atomic E-state index is 0.0171. The second-order valence-corrected chi connectivity index (χ2v) is 9.84. The average Bonchev–Trinajstić information content (AvgIpc) is 3.12. The van der Waals surface area contributed by atoms with Crippen molar-refractivity contribution in [3.8, 4) is 5.69 Å². The number of aryl methyl sites for hydroxylation is 1. The molecule has 1 aliphatic rings. The van der Waals surface area contributed by atoms with E-state index in [2.05, 4.69) is 34.1 Å². The first-order valence-electron chi connectivity index (χ1n) is 12.3. The fraction of sp³-hybridized carbons (Fsp3) is 0.276. The normalized spacial score (nSPS) is 14.7. The van der Waals surface area contributed by atoms with Gasteiger partial charge in [-0.2, -0.15) is 0 Å². The molecule has 3 aromatic carbocycles. The Morgan fingerprint density at radius 2 is 1.75 bits per heavy atom. The van der Waals surface area contributed by atoms with Crippen molar-refractivity contribution in [1.29, 1.82) is 0 Å². The molecule has 0 unspecified atom stereocenters. The molecule has 7 heteroatoms. The molecule has 184 valence electrons. The number of nitrogens with one attached hydrogen (secondary N) is 1. The van der Waals surface area contributed by atoms with E-state index in [-0.39, 0.29) is 11.5 Å². The molecule has 6 nitrogen and oxygen atoms in total. The molecule has 1 aliphatic heterocycles. The largest absolute Gasteiger partial charge is 0.337 e. The maximum atomic E-state index is 13.4. The molecule has 0 aliphatic carbocycles. The Hall–Kier alpha value is -3.55. The summed E-state index contributed by atoms with van der Waals surface area (Å²) in [4.78, 5) is 34.3. The van der Waals surface area contributed by atoms with Gasteiger partial charge >= 0.3 is 0 Å². The van der Waals surface area contributed by atoms with Crippen molar-refractivity contribution in [2.45, 2.75) is 26.8 Å². The van der Waals surface area contributed by atoms with E-state index < -0.39 is 0 Å². The Balaban J connectivity index is 1.39. The van der Waals surface area contributed by atoms with E-state index in [1.165, 1.54) is 10.1 Å². The number of carbonyl (C=O) groups is 1. The predicted octanol–water partition coefficient (Wildman–Crippen LogP) is 5.01. The van der Waals surface area contributed by atoms with Crippen molar-refractivity contribution in [1.82, 2.24) is 19.4 Å². The van der Waals surface area contributed by atoms with Crippen molar-refractivity contribution in [2.75, 3.05) is 26.2 Å². The van der Waals surface area contributed by atoms with Gasteiger partial charge in [0, 0.05) is 38.3 Å². The van der Waals surface area contributed by atoms with Crippen LogP contribution in [0.25, 0.3) is 16.6 Å². The van der Waals surface area contributed by atoms with Gasteiger partial charge in [0.25, 0.3) is 11.5 Å². The highest BCUT2D eigenvalue weighted by Gasteiger charge is 2.21. The SMILES string of the molecule is Cc1cccc(-n2c(=S)[nH]c3cc(C(=O)N4CCCN(Cc5ccccc5)CC4)ccc3c2=O)c1C. The van der Waals surface area contributed by atoms with Crippen LogP contribution in [0.3, 0.4) is 0 Å². The molecule has 0 atom stereocenters. The van der Waals surface area contributed by atoms with Gasteiger partial charge in [0.15, 0.2) is 4.77 Å². The molecule has 0 radical (unpaired) electrons. The van der Waals surface area contributed by atoms with Crippen LogP contribution in [0.15, 0.2) is 71.5 Å². The highest BCUT2D eigenvalue weighted by molar-refractivity contribution is 7.71. The summed E-state index contributed by atoms with van der Waals surface area (Å²) in [6, 6.07) is 21.5. The fourth-order valence-electron chi connectivity index (χ4n) is 4.90. The molecule has 1 fully saturated rings. The molecule has 2 heterocycles. The van der Waals surface area contributed by atoms with Gasteiger partial charge < -0.3 is 9.88 Å². The second kappa shape index (κ2) is 10.2. The molecular formula is C29H30N4O2S. The number of amides is 1. The summed E-state index contributed by atoms with van der Waals surface area (Å²) in [6.45, 7) is 8.07. The topological polar surface area (TPSA) is 61.3 Å². The van der Waals surface area contributed by atoms with Gasteiger partial charge in [-0.25, -0.2) is 0 Å². The van der Waals surface area contributed by atoms with Crippen LogP contribution in [-0.4, -0.2) is 51.4 Å². The van der Waals surface area contributed by atoms with Gasteiger partial charge in [0.1, 0.15) is 0 Å². The predicted molar refractivity (Wildman–Crippen MR) is 146 cm³/mol. The van der Waals surface area contributed by atoms with Gasteiger partial charge in [0.2, 0.25) is 0 Å². The van der Waals surface area contributed by atoms with Crippen LogP contribution < -0.4 is 5.56 Å². The Morgan fingerprint density at radius 3 is 2.56 bits per heavy atom. The van der Waals surface area contributed by atoms with E-state index in [0.29, 0.717) is 34.3 Å². The summed E-state index contributed by atoms with van der Waals surface area (Å²) < 4.78 is 1.86. The summed E-state index contributed by atoms with van der Waals surface area (Å²) in [7, 11) is 0. The lowest BCUT2D eigenvalue weighted by molar-refractivity contribution is 0.0761. The molecule has 1 aromatic heterocycles. The smallest absolute Gasteiger partial charge is 0.266 e. The zero-order chi connectivity index (χ0) is 25.2. The maximum Gasteiger partial charge on any atom is 0.266 e. The molecule has 0 bridgehead atoms. The number of nitrogens with zero attached hydrogens (tertiary/aromatic N) is 3. The number of aromatic amines is 1. The Bertz CT molecular complexity index is 1540. The van der Waals surface area contributed by atoms with Crippen LogP contribution in [0.5, 0.6) is 0 Å². The van der Waals surface area contributed by atoms with E-state index in [9.17, 15) is 9.59 Å². The average molecular weight is 499 g/mol. The second-order valence-electron chi connectivity index (χ2n) is 9.46. The minimum Gasteiger partial charge on any atom is -0.337 e. The maximum absolute atomic E-state index is 13.4. The number of carbonyl (C=O) groups excluding carboxylic acids is 1. The van der Waals surface area contributed by atoms with Gasteiger partial charge in [0.05, 0.1) is 16.6 Å². The van der Waals surface area contributed by atoms with Crippen LogP contribution in [0.1, 0.15) is 33.5 Å². The lowest BCUT2D eigenvalue weighted by atomic mass is 10.1. The van der Waals surface area contributed by atoms with E-state index in [1.807, 2.05) is 43.0 Å². The quantitative estimate of drug-likeness (QED) is 0.402. The summed E-state index contributed by atoms with van der Waals surface area (Å²) in [5.74, 6) is -0.0171. The number of hydrogen-bond acceptors (Lipinski definition) is 4. The first-order chi connectivity index (χ1) is 17.4. The number of hydrogen-bond donors (Lipinski definition) is 1. The van der Waals surface area contributed by atoms with Gasteiger partial charge in [-0.05, 0) is 73.4 Å². The molecule has 0 saturated carbocycles. The summed E-state index contributed by atoms with van der Waals surface area (Å²) in [6.07, 6.45) is 0.926. The highest BCUT2D eigenvalue weighted by Crippen LogP contribution is 2.19. The standard InChI is InChI=1S/C29H30N4O2S/c1-20-8-6-11-26(21(20)2)33-28(35)24-13-12-23(18-25(24)30-29(33)36)27(34)32-15-7-14-31(16-17-32)19-22-9-4-3-5-10-22/h3-6,8-13,18H,7,14-17,19H2,1-2H3,(H,30,36). The molecule has 0 spiro atoms. The lowest BCUT2D eigenvalue weighted by Crippen LogP contribution is -2.35. The molecule has 4 aromatic rings. The van der Waals surface area contributed by atoms with E-state index in [0.717, 1.165) is 42.9 Å². The molecule has 1 amide bonds.